The molecule has 0 saturated carbocycles. The second kappa shape index (κ2) is 9.73. The lowest BCUT2D eigenvalue weighted by Gasteiger charge is -2.36. The van der Waals surface area contributed by atoms with Crippen LogP contribution in [0.15, 0.2) is 54.6 Å². The van der Waals surface area contributed by atoms with E-state index in [1.807, 2.05) is 18.2 Å². The van der Waals surface area contributed by atoms with Crippen LogP contribution in [0.5, 0.6) is 0 Å². The average molecular weight is 395 g/mol. The van der Waals surface area contributed by atoms with Gasteiger partial charge in [-0.25, -0.2) is 0 Å². The van der Waals surface area contributed by atoms with Gasteiger partial charge in [0, 0.05) is 50.4 Å². The molecule has 0 aromatic heterocycles. The lowest BCUT2D eigenvalue weighted by atomic mass is 10.1. The highest BCUT2D eigenvalue weighted by Crippen LogP contribution is 2.18. The maximum absolute atomic E-state index is 12.5. The number of para-hydroxylation sites is 2. The Hall–Kier alpha value is -3.35. The number of aliphatic carboxylic acids is 1. The number of piperazine rings is 1. The van der Waals surface area contributed by atoms with Crippen molar-refractivity contribution in [2.24, 2.45) is 0 Å². The van der Waals surface area contributed by atoms with E-state index in [1.165, 1.54) is 0 Å². The molecule has 1 heterocycles. The van der Waals surface area contributed by atoms with Crippen molar-refractivity contribution in [1.82, 2.24) is 4.90 Å². The molecule has 1 aliphatic rings. The summed E-state index contributed by atoms with van der Waals surface area (Å²) in [5.74, 6) is -1.29. The van der Waals surface area contributed by atoms with Gasteiger partial charge in [-0.15, -0.1) is 0 Å². The van der Waals surface area contributed by atoms with E-state index in [2.05, 4.69) is 22.3 Å². The van der Waals surface area contributed by atoms with Crippen LogP contribution in [0.25, 0.3) is 0 Å². The van der Waals surface area contributed by atoms with Gasteiger partial charge in [0.25, 0.3) is 0 Å². The molecule has 2 N–H and O–H groups in total. The number of carbonyl (C=O) groups is 3. The number of carboxylic acids is 1. The molecule has 7 heteroatoms. The number of nitrogens with one attached hydrogen (secondary N) is 1. The number of anilines is 2. The van der Waals surface area contributed by atoms with Gasteiger partial charge in [0.05, 0.1) is 6.42 Å². The average Bonchev–Trinajstić information content (AvgIpc) is 2.74. The van der Waals surface area contributed by atoms with E-state index >= 15 is 0 Å². The number of amides is 2. The Bertz CT molecular complexity index is 861. The summed E-state index contributed by atoms with van der Waals surface area (Å²) in [4.78, 5) is 39.7. The fraction of sp³-hybridized carbons (Fsp3) is 0.318. The van der Waals surface area contributed by atoms with Gasteiger partial charge >= 0.3 is 5.97 Å². The third-order valence-corrected chi connectivity index (χ3v) is 4.95. The fourth-order valence-electron chi connectivity index (χ4n) is 3.40. The first kappa shape index (κ1) is 20.4. The Balaban J connectivity index is 1.45. The van der Waals surface area contributed by atoms with Crippen molar-refractivity contribution >= 4 is 29.2 Å². The minimum atomic E-state index is -0.962. The van der Waals surface area contributed by atoms with E-state index in [0.29, 0.717) is 24.3 Å². The summed E-state index contributed by atoms with van der Waals surface area (Å²) in [6, 6.07) is 16.9. The van der Waals surface area contributed by atoms with E-state index < -0.39 is 5.97 Å². The molecule has 0 spiro atoms. The zero-order valence-corrected chi connectivity index (χ0v) is 16.2. The second-order valence-corrected chi connectivity index (χ2v) is 6.98. The number of benzene rings is 2. The molecule has 0 unspecified atom stereocenters. The van der Waals surface area contributed by atoms with E-state index in [-0.39, 0.29) is 31.1 Å². The van der Waals surface area contributed by atoms with E-state index in [4.69, 9.17) is 5.11 Å². The van der Waals surface area contributed by atoms with Crippen LogP contribution in [0.3, 0.4) is 0 Å². The summed E-state index contributed by atoms with van der Waals surface area (Å²) in [6.45, 7) is 2.81. The first-order valence-corrected chi connectivity index (χ1v) is 9.70. The molecule has 152 valence electrons. The zero-order valence-electron chi connectivity index (χ0n) is 16.2. The number of hydrogen-bond donors (Lipinski definition) is 2. The van der Waals surface area contributed by atoms with Crippen LogP contribution in [0.1, 0.15) is 18.4 Å². The molecule has 2 aromatic rings. The Morgan fingerprint density at radius 2 is 1.52 bits per heavy atom. The number of nitrogens with zero attached hydrogens (tertiary/aromatic N) is 2. The lowest BCUT2D eigenvalue weighted by Crippen LogP contribution is -2.48. The van der Waals surface area contributed by atoms with Crippen LogP contribution in [-0.4, -0.2) is 54.0 Å². The van der Waals surface area contributed by atoms with Crippen molar-refractivity contribution in [3.05, 3.63) is 60.2 Å². The Labute approximate surface area is 169 Å². The monoisotopic (exact) mass is 395 g/mol. The predicted molar refractivity (Wildman–Crippen MR) is 111 cm³/mol. The molecule has 29 heavy (non-hydrogen) atoms. The Kier molecular flexibility index (Phi) is 6.84. The van der Waals surface area contributed by atoms with Crippen molar-refractivity contribution in [2.45, 2.75) is 19.3 Å². The lowest BCUT2D eigenvalue weighted by molar-refractivity contribution is -0.136. The highest BCUT2D eigenvalue weighted by atomic mass is 16.4. The number of hydrogen-bond acceptors (Lipinski definition) is 4. The second-order valence-electron chi connectivity index (χ2n) is 6.98. The minimum Gasteiger partial charge on any atom is -0.481 e. The standard InChI is InChI=1S/C22H25N3O4/c26-20(23-19-9-5-4-6-17(19)16-22(28)29)10-11-21(27)25-14-12-24(13-15-25)18-7-2-1-3-8-18/h1-9H,10-16H2,(H,23,26)(H,28,29). The largest absolute Gasteiger partial charge is 0.481 e. The predicted octanol–water partition coefficient (Wildman–Crippen LogP) is 2.38. The summed E-state index contributed by atoms with van der Waals surface area (Å²) in [5, 5.41) is 11.7. The van der Waals surface area contributed by atoms with Crippen LogP contribution in [-0.2, 0) is 20.8 Å². The van der Waals surface area contributed by atoms with E-state index in [9.17, 15) is 14.4 Å². The number of rotatable bonds is 7. The van der Waals surface area contributed by atoms with Crippen LogP contribution >= 0.6 is 0 Å². The summed E-state index contributed by atoms with van der Waals surface area (Å²) >= 11 is 0. The summed E-state index contributed by atoms with van der Waals surface area (Å²) in [7, 11) is 0. The van der Waals surface area contributed by atoms with Crippen LogP contribution in [0.2, 0.25) is 0 Å². The first-order valence-electron chi connectivity index (χ1n) is 9.70. The van der Waals surface area contributed by atoms with Gasteiger partial charge in [-0.1, -0.05) is 36.4 Å². The van der Waals surface area contributed by atoms with Crippen LogP contribution < -0.4 is 10.2 Å². The van der Waals surface area contributed by atoms with Crippen molar-refractivity contribution in [3.63, 3.8) is 0 Å². The maximum Gasteiger partial charge on any atom is 0.307 e. The normalized spacial score (nSPS) is 13.8. The van der Waals surface area contributed by atoms with Gasteiger partial charge in [0.15, 0.2) is 0 Å². The van der Waals surface area contributed by atoms with Gasteiger partial charge in [-0.2, -0.15) is 0 Å². The summed E-state index contributed by atoms with van der Waals surface area (Å²) < 4.78 is 0. The highest BCUT2D eigenvalue weighted by molar-refractivity contribution is 5.94. The number of carbonyl (C=O) groups excluding carboxylic acids is 2. The van der Waals surface area contributed by atoms with Gasteiger partial charge in [0.1, 0.15) is 0 Å². The molecular formula is C22H25N3O4. The van der Waals surface area contributed by atoms with E-state index in [0.717, 1.165) is 18.8 Å². The van der Waals surface area contributed by atoms with Crippen molar-refractivity contribution in [2.75, 3.05) is 36.4 Å². The molecular weight excluding hydrogens is 370 g/mol. The summed E-state index contributed by atoms with van der Waals surface area (Å²) in [6.07, 6.45) is 0.0402. The molecule has 0 aliphatic carbocycles. The van der Waals surface area contributed by atoms with Crippen LogP contribution in [0, 0.1) is 0 Å². The number of carboxylic acid groups (broad SMARTS) is 1. The molecule has 0 atom stereocenters. The van der Waals surface area contributed by atoms with Crippen molar-refractivity contribution in [1.29, 1.82) is 0 Å². The zero-order chi connectivity index (χ0) is 20.6. The molecule has 0 bridgehead atoms. The molecule has 2 aromatic carbocycles. The summed E-state index contributed by atoms with van der Waals surface area (Å²) in [5.41, 5.74) is 2.17. The topological polar surface area (TPSA) is 89.9 Å². The molecule has 1 aliphatic heterocycles. The third kappa shape index (κ3) is 5.81. The molecule has 1 saturated heterocycles. The smallest absolute Gasteiger partial charge is 0.307 e. The molecule has 2 amide bonds. The third-order valence-electron chi connectivity index (χ3n) is 4.95. The molecule has 0 radical (unpaired) electrons. The Morgan fingerprint density at radius 3 is 2.21 bits per heavy atom. The van der Waals surface area contributed by atoms with Gasteiger partial charge in [0.2, 0.25) is 11.8 Å². The molecule has 1 fully saturated rings. The minimum absolute atomic E-state index is 0.0355. The van der Waals surface area contributed by atoms with Crippen LogP contribution in [0.4, 0.5) is 11.4 Å². The molecule has 3 rings (SSSR count). The SMILES string of the molecule is O=C(O)Cc1ccccc1NC(=O)CCC(=O)N1CCN(c2ccccc2)CC1. The highest BCUT2D eigenvalue weighted by Gasteiger charge is 2.21. The van der Waals surface area contributed by atoms with Crippen molar-refractivity contribution in [3.8, 4) is 0 Å². The van der Waals surface area contributed by atoms with Gasteiger partial charge in [-0.05, 0) is 23.8 Å². The molecule has 7 nitrogen and oxygen atoms in total. The maximum atomic E-state index is 12.5. The van der Waals surface area contributed by atoms with Gasteiger partial charge in [-0.3, -0.25) is 14.4 Å². The van der Waals surface area contributed by atoms with E-state index in [1.54, 1.807) is 29.2 Å². The Morgan fingerprint density at radius 1 is 0.862 bits per heavy atom. The van der Waals surface area contributed by atoms with Gasteiger partial charge < -0.3 is 20.2 Å². The van der Waals surface area contributed by atoms with Crippen molar-refractivity contribution < 1.29 is 19.5 Å². The fourth-order valence-corrected chi connectivity index (χ4v) is 3.40. The quantitative estimate of drug-likeness (QED) is 0.751. The first-order chi connectivity index (χ1) is 14.0.